The fourth-order valence-electron chi connectivity index (χ4n) is 1.56. The Morgan fingerprint density at radius 3 is 1.68 bits per heavy atom. The summed E-state index contributed by atoms with van der Waals surface area (Å²) in [5, 5.41) is 4.15. The molecule has 2 aromatic rings. The van der Waals surface area contributed by atoms with Gasteiger partial charge in [-0.2, -0.15) is 0 Å². The second-order valence-corrected chi connectivity index (χ2v) is 7.03. The molecule has 2 aromatic heterocycles. The molecule has 0 amide bonds. The number of carbonyl (C=O) groups excluding carboxylic acids is 2. The standard InChI is InChI=1S/C12H13N2O5PS2/c1-7(15)9(11-13-3-5-21-11)18-20(17)19-10(8(2)16)12-14-4-6-22-12/h3-6,9-10,20H,1-2H3. The van der Waals surface area contributed by atoms with Crippen LogP contribution in [0.5, 0.6) is 0 Å². The van der Waals surface area contributed by atoms with Crippen LogP contribution in [-0.2, 0) is 23.2 Å². The van der Waals surface area contributed by atoms with Crippen molar-refractivity contribution in [2.24, 2.45) is 0 Å². The Kier molecular flexibility index (Phi) is 6.10. The molecule has 0 aliphatic rings. The summed E-state index contributed by atoms with van der Waals surface area (Å²) in [5.74, 6) is -0.684. The lowest BCUT2D eigenvalue weighted by molar-refractivity contribution is -0.125. The zero-order valence-corrected chi connectivity index (χ0v) is 14.3. The first-order chi connectivity index (χ1) is 10.5. The maximum Gasteiger partial charge on any atom is 0.321 e. The third-order valence-electron chi connectivity index (χ3n) is 2.52. The van der Waals surface area contributed by atoms with Gasteiger partial charge in [-0.1, -0.05) is 0 Å². The lowest BCUT2D eigenvalue weighted by atomic mass is 10.3. The van der Waals surface area contributed by atoms with Crippen LogP contribution in [0.3, 0.4) is 0 Å². The van der Waals surface area contributed by atoms with Gasteiger partial charge in [0.15, 0.2) is 23.8 Å². The first kappa shape index (κ1) is 17.1. The quantitative estimate of drug-likeness (QED) is 0.668. The van der Waals surface area contributed by atoms with Crippen molar-refractivity contribution >= 4 is 42.5 Å². The Morgan fingerprint density at radius 1 is 1.00 bits per heavy atom. The van der Waals surface area contributed by atoms with Gasteiger partial charge in [-0.05, 0) is 13.8 Å². The topological polar surface area (TPSA) is 95.5 Å². The van der Waals surface area contributed by atoms with Gasteiger partial charge in [-0.15, -0.1) is 22.7 Å². The van der Waals surface area contributed by atoms with Gasteiger partial charge >= 0.3 is 8.25 Å². The summed E-state index contributed by atoms with van der Waals surface area (Å²) in [6.45, 7) is 2.62. The predicted molar refractivity (Wildman–Crippen MR) is 82.2 cm³/mol. The first-order valence-corrected chi connectivity index (χ1v) is 9.14. The summed E-state index contributed by atoms with van der Waals surface area (Å²) >= 11 is 2.42. The Hall–Kier alpha value is -1.25. The van der Waals surface area contributed by atoms with Crippen molar-refractivity contribution in [3.63, 3.8) is 0 Å². The second kappa shape index (κ2) is 7.85. The van der Waals surface area contributed by atoms with Crippen molar-refractivity contribution < 1.29 is 23.2 Å². The molecule has 0 spiro atoms. The molecule has 0 radical (unpaired) electrons. The van der Waals surface area contributed by atoms with Crippen molar-refractivity contribution in [1.29, 1.82) is 0 Å². The second-order valence-electron chi connectivity index (χ2n) is 4.21. The number of thiazole rings is 2. The number of Topliss-reactive ketones (excluding diaryl/α,β-unsaturated/α-hetero) is 2. The van der Waals surface area contributed by atoms with Gasteiger partial charge in [0, 0.05) is 23.2 Å². The first-order valence-electron chi connectivity index (χ1n) is 6.16. The molecule has 0 aliphatic heterocycles. The van der Waals surface area contributed by atoms with E-state index in [1.165, 1.54) is 48.9 Å². The van der Waals surface area contributed by atoms with Crippen molar-refractivity contribution in [1.82, 2.24) is 9.97 Å². The van der Waals surface area contributed by atoms with Crippen LogP contribution in [-0.4, -0.2) is 21.5 Å². The highest BCUT2D eigenvalue weighted by molar-refractivity contribution is 7.33. The molecule has 22 heavy (non-hydrogen) atoms. The maximum absolute atomic E-state index is 12.1. The van der Waals surface area contributed by atoms with Crippen molar-refractivity contribution in [3.05, 3.63) is 33.2 Å². The van der Waals surface area contributed by atoms with Gasteiger partial charge in [0.25, 0.3) is 0 Å². The van der Waals surface area contributed by atoms with E-state index >= 15 is 0 Å². The number of carbonyl (C=O) groups is 2. The summed E-state index contributed by atoms with van der Waals surface area (Å²) < 4.78 is 22.4. The fourth-order valence-corrected chi connectivity index (χ4v) is 4.17. The third kappa shape index (κ3) is 4.37. The zero-order valence-electron chi connectivity index (χ0n) is 11.7. The van der Waals surface area contributed by atoms with Crippen molar-refractivity contribution in [2.45, 2.75) is 26.1 Å². The molecule has 2 rings (SSSR count). The lowest BCUT2D eigenvalue weighted by Crippen LogP contribution is -2.13. The van der Waals surface area contributed by atoms with Crippen molar-refractivity contribution in [3.8, 4) is 0 Å². The van der Waals surface area contributed by atoms with E-state index in [1.807, 2.05) is 0 Å². The van der Waals surface area contributed by atoms with Crippen LogP contribution in [0.1, 0.15) is 36.1 Å². The predicted octanol–water partition coefficient (Wildman–Crippen LogP) is 2.98. The average Bonchev–Trinajstić information content (AvgIpc) is 3.14. The van der Waals surface area contributed by atoms with E-state index in [4.69, 9.17) is 9.05 Å². The largest absolute Gasteiger partial charge is 0.321 e. The fraction of sp³-hybridized carbons (Fsp3) is 0.333. The van der Waals surface area contributed by atoms with Gasteiger partial charge in [-0.25, -0.2) is 9.97 Å². The van der Waals surface area contributed by atoms with E-state index in [0.29, 0.717) is 10.0 Å². The molecule has 10 heteroatoms. The van der Waals surface area contributed by atoms with Gasteiger partial charge in [-0.3, -0.25) is 23.2 Å². The SMILES string of the molecule is CC(=O)C(O[PH](=O)OC(C(C)=O)c1nccs1)c1nccs1. The highest BCUT2D eigenvalue weighted by atomic mass is 32.1. The average molecular weight is 360 g/mol. The molecule has 0 aromatic carbocycles. The lowest BCUT2D eigenvalue weighted by Gasteiger charge is -2.15. The number of aromatic nitrogens is 2. The van der Waals surface area contributed by atoms with Gasteiger partial charge < -0.3 is 0 Å². The van der Waals surface area contributed by atoms with Gasteiger partial charge in [0.05, 0.1) is 0 Å². The molecule has 0 N–H and O–H groups in total. The molecule has 0 fully saturated rings. The van der Waals surface area contributed by atoms with Crippen LogP contribution in [0.15, 0.2) is 23.2 Å². The normalized spacial score (nSPS) is 15.2. The van der Waals surface area contributed by atoms with E-state index in [-0.39, 0.29) is 11.6 Å². The Morgan fingerprint density at radius 2 is 1.41 bits per heavy atom. The molecular weight excluding hydrogens is 347 g/mol. The third-order valence-corrected chi connectivity index (χ3v) is 5.01. The van der Waals surface area contributed by atoms with E-state index in [0.717, 1.165) is 0 Å². The van der Waals surface area contributed by atoms with Crippen LogP contribution in [0.25, 0.3) is 0 Å². The summed E-state index contributed by atoms with van der Waals surface area (Å²) in [7, 11) is -3.09. The number of rotatable bonds is 8. The van der Waals surface area contributed by atoms with Crippen LogP contribution < -0.4 is 0 Å². The van der Waals surface area contributed by atoms with E-state index in [2.05, 4.69) is 9.97 Å². The maximum atomic E-state index is 12.1. The van der Waals surface area contributed by atoms with E-state index in [9.17, 15) is 14.2 Å². The van der Waals surface area contributed by atoms with Gasteiger partial charge in [0.2, 0.25) is 0 Å². The van der Waals surface area contributed by atoms with Crippen LogP contribution in [0.2, 0.25) is 0 Å². The van der Waals surface area contributed by atoms with E-state index in [1.54, 1.807) is 10.8 Å². The Balaban J connectivity index is 2.07. The monoisotopic (exact) mass is 360 g/mol. The molecular formula is C12H13N2O5PS2. The number of ketones is 2. The minimum atomic E-state index is -3.09. The summed E-state index contributed by atoms with van der Waals surface area (Å²) in [6.07, 6.45) is 0.918. The smallest absolute Gasteiger partial charge is 0.297 e. The van der Waals surface area contributed by atoms with Crippen LogP contribution >= 0.6 is 30.9 Å². The molecule has 2 atom stereocenters. The van der Waals surface area contributed by atoms with E-state index < -0.39 is 20.5 Å². The molecule has 0 bridgehead atoms. The van der Waals surface area contributed by atoms with Crippen LogP contribution in [0.4, 0.5) is 0 Å². The Labute approximate surface area is 135 Å². The molecule has 2 unspecified atom stereocenters. The number of nitrogens with zero attached hydrogens (tertiary/aromatic N) is 2. The number of hydrogen-bond acceptors (Lipinski definition) is 9. The summed E-state index contributed by atoms with van der Waals surface area (Å²) in [5.41, 5.74) is 0. The van der Waals surface area contributed by atoms with Gasteiger partial charge in [0.1, 0.15) is 10.0 Å². The van der Waals surface area contributed by atoms with Crippen LogP contribution in [0, 0.1) is 0 Å². The highest BCUT2D eigenvalue weighted by Crippen LogP contribution is 2.39. The minimum Gasteiger partial charge on any atom is -0.297 e. The number of hydrogen-bond donors (Lipinski definition) is 0. The van der Waals surface area contributed by atoms with Crippen molar-refractivity contribution in [2.75, 3.05) is 0 Å². The summed E-state index contributed by atoms with van der Waals surface area (Å²) in [4.78, 5) is 31.2. The minimum absolute atomic E-state index is 0.342. The highest BCUT2D eigenvalue weighted by Gasteiger charge is 2.27. The molecule has 0 saturated heterocycles. The molecule has 118 valence electrons. The molecule has 7 nitrogen and oxygen atoms in total. The molecule has 0 saturated carbocycles. The molecule has 2 heterocycles. The molecule has 0 aliphatic carbocycles. The zero-order chi connectivity index (χ0) is 16.1. The Bertz CT molecular complexity index is 603. The summed E-state index contributed by atoms with van der Waals surface area (Å²) in [6, 6.07) is 0.